The van der Waals surface area contributed by atoms with Gasteiger partial charge in [-0.15, -0.1) is 11.3 Å². The molecular weight excluding hydrogens is 252 g/mol. The lowest BCUT2D eigenvalue weighted by atomic mass is 10.1. The van der Waals surface area contributed by atoms with Crippen LogP contribution in [-0.4, -0.2) is 9.97 Å². The summed E-state index contributed by atoms with van der Waals surface area (Å²) in [4.78, 5) is 4.54. The molecule has 0 bridgehead atoms. The molecule has 2 N–H and O–H groups in total. The van der Waals surface area contributed by atoms with Crippen molar-refractivity contribution in [2.75, 3.05) is 0 Å². The summed E-state index contributed by atoms with van der Waals surface area (Å²) in [6, 6.07) is 5.71. The van der Waals surface area contributed by atoms with E-state index < -0.39 is 0 Å². The number of nitrogens with two attached hydrogens (primary N) is 1. The molecule has 0 aliphatic carbocycles. The predicted octanol–water partition coefficient (Wildman–Crippen LogP) is 2.66. The van der Waals surface area contributed by atoms with Crippen LogP contribution in [-0.2, 0) is 6.61 Å². The van der Waals surface area contributed by atoms with E-state index in [2.05, 4.69) is 4.98 Å². The zero-order chi connectivity index (χ0) is 12.3. The zero-order valence-electron chi connectivity index (χ0n) is 9.34. The fraction of sp³-hybridized carbons (Fsp3) is 0.167. The standard InChI is InChI=1S/C12H12N2OS2/c1-8-2-3-9(12(13)16)6-10(8)15-7-11-14-4-5-17-11/h2-6H,7H2,1H3,(H2,13,16). The lowest BCUT2D eigenvalue weighted by Gasteiger charge is -2.09. The van der Waals surface area contributed by atoms with Crippen LogP contribution in [0.4, 0.5) is 0 Å². The van der Waals surface area contributed by atoms with Gasteiger partial charge in [-0.3, -0.25) is 0 Å². The van der Waals surface area contributed by atoms with Gasteiger partial charge in [0.1, 0.15) is 22.4 Å². The van der Waals surface area contributed by atoms with Gasteiger partial charge in [-0.1, -0.05) is 24.4 Å². The number of thiazole rings is 1. The molecular formula is C12H12N2OS2. The Balaban J connectivity index is 2.14. The molecule has 0 radical (unpaired) electrons. The molecule has 17 heavy (non-hydrogen) atoms. The molecule has 3 nitrogen and oxygen atoms in total. The third-order valence-corrected chi connectivity index (χ3v) is 3.30. The number of aryl methyl sites for hydroxylation is 1. The highest BCUT2D eigenvalue weighted by Gasteiger charge is 2.04. The van der Waals surface area contributed by atoms with Gasteiger partial charge in [-0.25, -0.2) is 4.98 Å². The topological polar surface area (TPSA) is 48.1 Å². The van der Waals surface area contributed by atoms with Gasteiger partial charge in [0.05, 0.1) is 0 Å². The molecule has 1 aromatic carbocycles. The largest absolute Gasteiger partial charge is 0.486 e. The first-order valence-electron chi connectivity index (χ1n) is 5.08. The molecule has 2 aromatic rings. The van der Waals surface area contributed by atoms with Crippen LogP contribution in [0.15, 0.2) is 29.8 Å². The summed E-state index contributed by atoms with van der Waals surface area (Å²) in [6.45, 7) is 2.46. The first kappa shape index (κ1) is 12.0. The molecule has 0 unspecified atom stereocenters. The van der Waals surface area contributed by atoms with Crippen molar-refractivity contribution < 1.29 is 4.74 Å². The van der Waals surface area contributed by atoms with Gasteiger partial charge in [0.15, 0.2) is 0 Å². The zero-order valence-corrected chi connectivity index (χ0v) is 11.0. The van der Waals surface area contributed by atoms with Crippen LogP contribution in [0, 0.1) is 6.92 Å². The summed E-state index contributed by atoms with van der Waals surface area (Å²) in [5.41, 5.74) is 7.47. The maximum absolute atomic E-state index is 5.70. The van der Waals surface area contributed by atoms with E-state index in [4.69, 9.17) is 22.7 Å². The monoisotopic (exact) mass is 264 g/mol. The second-order valence-electron chi connectivity index (χ2n) is 3.56. The molecule has 2 rings (SSSR count). The molecule has 0 saturated carbocycles. The molecule has 0 atom stereocenters. The lowest BCUT2D eigenvalue weighted by molar-refractivity contribution is 0.303. The molecule has 1 heterocycles. The van der Waals surface area contributed by atoms with E-state index >= 15 is 0 Å². The van der Waals surface area contributed by atoms with Crippen molar-refractivity contribution in [1.82, 2.24) is 4.98 Å². The van der Waals surface area contributed by atoms with Crippen LogP contribution in [0.1, 0.15) is 16.1 Å². The number of rotatable bonds is 4. The van der Waals surface area contributed by atoms with Gasteiger partial charge >= 0.3 is 0 Å². The Bertz CT molecular complexity index is 523. The Labute approximate surface area is 109 Å². The first-order chi connectivity index (χ1) is 8.16. The number of ether oxygens (including phenoxy) is 1. The van der Waals surface area contributed by atoms with Gasteiger partial charge < -0.3 is 10.5 Å². The number of hydrogen-bond donors (Lipinski definition) is 1. The second kappa shape index (κ2) is 5.25. The van der Waals surface area contributed by atoms with E-state index in [9.17, 15) is 0 Å². The van der Waals surface area contributed by atoms with Gasteiger partial charge in [0.25, 0.3) is 0 Å². The van der Waals surface area contributed by atoms with Crippen molar-refractivity contribution >= 4 is 28.5 Å². The van der Waals surface area contributed by atoms with Crippen molar-refractivity contribution in [3.05, 3.63) is 45.9 Å². The Morgan fingerprint density at radius 1 is 1.53 bits per heavy atom. The normalized spacial score (nSPS) is 10.2. The molecule has 0 saturated heterocycles. The van der Waals surface area contributed by atoms with E-state index in [1.54, 1.807) is 17.5 Å². The van der Waals surface area contributed by atoms with Gasteiger partial charge in [-0.2, -0.15) is 0 Å². The molecule has 0 amide bonds. The molecule has 1 aromatic heterocycles. The highest BCUT2D eigenvalue weighted by molar-refractivity contribution is 7.80. The van der Waals surface area contributed by atoms with Crippen molar-refractivity contribution in [3.8, 4) is 5.75 Å². The average molecular weight is 264 g/mol. The molecule has 0 fully saturated rings. The Hall–Kier alpha value is -1.46. The van der Waals surface area contributed by atoms with Crippen LogP contribution in [0.3, 0.4) is 0 Å². The van der Waals surface area contributed by atoms with Gasteiger partial charge in [-0.05, 0) is 18.6 Å². The minimum Gasteiger partial charge on any atom is -0.486 e. The summed E-state index contributed by atoms with van der Waals surface area (Å²) in [5.74, 6) is 0.797. The van der Waals surface area contributed by atoms with Crippen LogP contribution in [0.25, 0.3) is 0 Å². The van der Waals surface area contributed by atoms with Crippen LogP contribution >= 0.6 is 23.6 Å². The third-order valence-electron chi connectivity index (χ3n) is 2.31. The maximum atomic E-state index is 5.70. The number of benzene rings is 1. The predicted molar refractivity (Wildman–Crippen MR) is 73.5 cm³/mol. The minimum atomic E-state index is 0.379. The number of hydrogen-bond acceptors (Lipinski definition) is 4. The van der Waals surface area contributed by atoms with E-state index in [0.29, 0.717) is 11.6 Å². The van der Waals surface area contributed by atoms with E-state index in [1.165, 1.54) is 0 Å². The third kappa shape index (κ3) is 3.01. The average Bonchev–Trinajstić information content (AvgIpc) is 2.80. The van der Waals surface area contributed by atoms with Gasteiger partial charge in [0.2, 0.25) is 0 Å². The van der Waals surface area contributed by atoms with Crippen LogP contribution in [0.5, 0.6) is 5.75 Å². The van der Waals surface area contributed by atoms with Crippen molar-refractivity contribution in [1.29, 1.82) is 0 Å². The fourth-order valence-corrected chi connectivity index (χ4v) is 2.03. The minimum absolute atomic E-state index is 0.379. The molecule has 0 aliphatic rings. The van der Waals surface area contributed by atoms with Crippen LogP contribution < -0.4 is 10.5 Å². The lowest BCUT2D eigenvalue weighted by Crippen LogP contribution is -2.09. The summed E-state index contributed by atoms with van der Waals surface area (Å²) >= 11 is 6.51. The maximum Gasteiger partial charge on any atom is 0.140 e. The first-order valence-corrected chi connectivity index (χ1v) is 6.37. The summed E-state index contributed by atoms with van der Waals surface area (Å²) in [7, 11) is 0. The summed E-state index contributed by atoms with van der Waals surface area (Å²) in [6.07, 6.45) is 1.77. The number of nitrogens with zero attached hydrogens (tertiary/aromatic N) is 1. The summed E-state index contributed by atoms with van der Waals surface area (Å²) in [5, 5.41) is 2.88. The summed E-state index contributed by atoms with van der Waals surface area (Å²) < 4.78 is 5.70. The Morgan fingerprint density at radius 2 is 2.35 bits per heavy atom. The second-order valence-corrected chi connectivity index (χ2v) is 4.98. The fourth-order valence-electron chi connectivity index (χ4n) is 1.37. The van der Waals surface area contributed by atoms with Crippen molar-refractivity contribution in [3.63, 3.8) is 0 Å². The number of aromatic nitrogens is 1. The van der Waals surface area contributed by atoms with E-state index in [-0.39, 0.29) is 0 Å². The van der Waals surface area contributed by atoms with Crippen molar-refractivity contribution in [2.24, 2.45) is 5.73 Å². The molecule has 88 valence electrons. The Kier molecular flexibility index (Phi) is 3.71. The highest BCUT2D eigenvalue weighted by atomic mass is 32.1. The molecule has 0 spiro atoms. The van der Waals surface area contributed by atoms with Crippen LogP contribution in [0.2, 0.25) is 0 Å². The van der Waals surface area contributed by atoms with Crippen molar-refractivity contribution in [2.45, 2.75) is 13.5 Å². The van der Waals surface area contributed by atoms with E-state index in [1.807, 2.05) is 30.5 Å². The Morgan fingerprint density at radius 3 is 3.00 bits per heavy atom. The molecule has 5 heteroatoms. The van der Waals surface area contributed by atoms with E-state index in [0.717, 1.165) is 21.9 Å². The quantitative estimate of drug-likeness (QED) is 0.863. The molecule has 0 aliphatic heterocycles. The highest BCUT2D eigenvalue weighted by Crippen LogP contribution is 2.21. The smallest absolute Gasteiger partial charge is 0.140 e. The van der Waals surface area contributed by atoms with Gasteiger partial charge in [0, 0.05) is 17.1 Å². The number of thiocarbonyl (C=S) groups is 1. The SMILES string of the molecule is Cc1ccc(C(N)=S)cc1OCc1nccs1.